The van der Waals surface area contributed by atoms with E-state index in [9.17, 15) is 9.18 Å². The van der Waals surface area contributed by atoms with Crippen LogP contribution >= 0.6 is 11.5 Å². The van der Waals surface area contributed by atoms with Crippen LogP contribution in [0.15, 0.2) is 48.5 Å². The number of nitrogens with zero attached hydrogens (tertiary/aromatic N) is 5. The standard InChI is InChI=1S/C26H30FN5O2S/c1-34-21-6-4-5-19(17-21)18-24-28-26(35-29-24)32-11-9-20(10-12-32)25(33)31-15-13-30(14-16-31)23-8-3-2-7-22(23)27/h2-8,17,20H,9-16,18H2,1H3. The van der Waals surface area contributed by atoms with E-state index in [1.807, 2.05) is 34.1 Å². The first kappa shape index (κ1) is 23.5. The topological polar surface area (TPSA) is 61.8 Å². The number of carbonyl (C=O) groups excluding carboxylic acids is 1. The van der Waals surface area contributed by atoms with Crippen molar-refractivity contribution < 1.29 is 13.9 Å². The maximum atomic E-state index is 14.1. The van der Waals surface area contributed by atoms with Gasteiger partial charge in [0.25, 0.3) is 0 Å². The molecule has 2 saturated heterocycles. The average molecular weight is 496 g/mol. The molecule has 0 N–H and O–H groups in total. The van der Waals surface area contributed by atoms with E-state index in [2.05, 4.69) is 15.3 Å². The zero-order chi connectivity index (χ0) is 24.2. The minimum absolute atomic E-state index is 0.0374. The van der Waals surface area contributed by atoms with Gasteiger partial charge in [0.1, 0.15) is 17.4 Å². The Labute approximate surface area is 209 Å². The van der Waals surface area contributed by atoms with E-state index >= 15 is 0 Å². The number of amides is 1. The lowest BCUT2D eigenvalue weighted by molar-refractivity contribution is -0.136. The van der Waals surface area contributed by atoms with Crippen LogP contribution in [-0.2, 0) is 11.2 Å². The zero-order valence-electron chi connectivity index (χ0n) is 19.9. The molecule has 9 heteroatoms. The molecule has 2 aliphatic rings. The highest BCUT2D eigenvalue weighted by molar-refractivity contribution is 7.09. The van der Waals surface area contributed by atoms with Gasteiger partial charge in [-0.3, -0.25) is 4.79 Å². The number of piperidine rings is 1. The second-order valence-corrected chi connectivity index (χ2v) is 9.78. The van der Waals surface area contributed by atoms with Crippen molar-refractivity contribution >= 4 is 28.3 Å². The molecular formula is C26H30FN5O2S. The average Bonchev–Trinajstić information content (AvgIpc) is 3.37. The number of hydrogen-bond donors (Lipinski definition) is 0. The Morgan fingerprint density at radius 3 is 2.54 bits per heavy atom. The Morgan fingerprint density at radius 2 is 1.80 bits per heavy atom. The Bertz CT molecular complexity index is 1160. The molecule has 5 rings (SSSR count). The summed E-state index contributed by atoms with van der Waals surface area (Å²) in [5.74, 6) is 1.70. The molecule has 0 atom stereocenters. The number of piperazine rings is 1. The van der Waals surface area contributed by atoms with Gasteiger partial charge in [-0.15, -0.1) is 0 Å². The largest absolute Gasteiger partial charge is 0.497 e. The van der Waals surface area contributed by atoms with E-state index in [1.54, 1.807) is 19.2 Å². The Hall–Kier alpha value is -3.20. The van der Waals surface area contributed by atoms with Crippen LogP contribution in [0.1, 0.15) is 24.2 Å². The number of rotatable bonds is 6. The van der Waals surface area contributed by atoms with Crippen LogP contribution in [0.2, 0.25) is 0 Å². The van der Waals surface area contributed by atoms with Crippen molar-refractivity contribution in [2.24, 2.45) is 5.92 Å². The highest BCUT2D eigenvalue weighted by atomic mass is 32.1. The van der Waals surface area contributed by atoms with Gasteiger partial charge in [-0.25, -0.2) is 9.37 Å². The van der Waals surface area contributed by atoms with Crippen molar-refractivity contribution in [3.63, 3.8) is 0 Å². The molecular weight excluding hydrogens is 465 g/mol. The van der Waals surface area contributed by atoms with Crippen LogP contribution in [0, 0.1) is 11.7 Å². The molecule has 0 bridgehead atoms. The maximum absolute atomic E-state index is 14.1. The van der Waals surface area contributed by atoms with Crippen molar-refractivity contribution in [1.29, 1.82) is 0 Å². The summed E-state index contributed by atoms with van der Waals surface area (Å²) in [4.78, 5) is 24.1. The summed E-state index contributed by atoms with van der Waals surface area (Å²) >= 11 is 1.42. The van der Waals surface area contributed by atoms with Gasteiger partial charge in [-0.2, -0.15) is 4.37 Å². The highest BCUT2D eigenvalue weighted by Gasteiger charge is 2.31. The molecule has 3 heterocycles. The van der Waals surface area contributed by atoms with E-state index in [4.69, 9.17) is 9.72 Å². The van der Waals surface area contributed by atoms with Crippen molar-refractivity contribution in [2.45, 2.75) is 19.3 Å². The van der Waals surface area contributed by atoms with Crippen molar-refractivity contribution in [3.8, 4) is 5.75 Å². The van der Waals surface area contributed by atoms with Crippen molar-refractivity contribution in [3.05, 3.63) is 65.7 Å². The van der Waals surface area contributed by atoms with Crippen molar-refractivity contribution in [2.75, 3.05) is 56.2 Å². The molecule has 2 fully saturated rings. The summed E-state index contributed by atoms with van der Waals surface area (Å²) in [7, 11) is 1.67. The molecule has 184 valence electrons. The van der Waals surface area contributed by atoms with E-state index in [1.165, 1.54) is 17.6 Å². The number of para-hydroxylation sites is 1. The summed E-state index contributed by atoms with van der Waals surface area (Å²) in [5.41, 5.74) is 1.74. The first-order chi connectivity index (χ1) is 17.1. The number of ether oxygens (including phenoxy) is 1. The molecule has 0 spiro atoms. The van der Waals surface area contributed by atoms with E-state index in [0.717, 1.165) is 48.2 Å². The monoisotopic (exact) mass is 495 g/mol. The van der Waals surface area contributed by atoms with E-state index < -0.39 is 0 Å². The van der Waals surface area contributed by atoms with Gasteiger partial charge in [0, 0.05) is 63.1 Å². The summed E-state index contributed by atoms with van der Waals surface area (Å²) in [6.07, 6.45) is 2.30. The van der Waals surface area contributed by atoms with Gasteiger partial charge in [-0.1, -0.05) is 24.3 Å². The lowest BCUT2D eigenvalue weighted by atomic mass is 9.95. The fraction of sp³-hybridized carbons (Fsp3) is 0.423. The molecule has 1 amide bonds. The maximum Gasteiger partial charge on any atom is 0.225 e. The summed E-state index contributed by atoms with van der Waals surface area (Å²) in [6, 6.07) is 14.8. The van der Waals surface area contributed by atoms with Crippen LogP contribution in [-0.4, -0.2) is 66.5 Å². The molecule has 7 nitrogen and oxygen atoms in total. The van der Waals surface area contributed by atoms with Gasteiger partial charge in [0.2, 0.25) is 11.0 Å². The molecule has 2 aliphatic heterocycles. The fourth-order valence-electron chi connectivity index (χ4n) is 4.86. The van der Waals surface area contributed by atoms with Crippen LogP contribution in [0.25, 0.3) is 0 Å². The van der Waals surface area contributed by atoms with E-state index in [0.29, 0.717) is 38.3 Å². The smallest absolute Gasteiger partial charge is 0.225 e. The molecule has 0 unspecified atom stereocenters. The number of methoxy groups -OCH3 is 1. The Morgan fingerprint density at radius 1 is 1.03 bits per heavy atom. The highest BCUT2D eigenvalue weighted by Crippen LogP contribution is 2.28. The predicted octanol–water partition coefficient (Wildman–Crippen LogP) is 3.84. The summed E-state index contributed by atoms with van der Waals surface area (Å²) in [5, 5.41) is 0.923. The number of halogens is 1. The number of hydrogen-bond acceptors (Lipinski definition) is 7. The molecule has 1 aromatic heterocycles. The number of benzene rings is 2. The molecule has 0 radical (unpaired) electrons. The SMILES string of the molecule is COc1cccc(Cc2nsc(N3CCC(C(=O)N4CCN(c5ccccc5F)CC4)CC3)n2)c1. The van der Waals surface area contributed by atoms with Crippen LogP contribution in [0.3, 0.4) is 0 Å². The number of aromatic nitrogens is 2. The van der Waals surface area contributed by atoms with Crippen LogP contribution in [0.4, 0.5) is 15.2 Å². The van der Waals surface area contributed by atoms with Gasteiger partial charge < -0.3 is 19.4 Å². The van der Waals surface area contributed by atoms with Crippen LogP contribution < -0.4 is 14.5 Å². The summed E-state index contributed by atoms with van der Waals surface area (Å²) in [6.45, 7) is 4.20. The second-order valence-electron chi connectivity index (χ2n) is 9.05. The van der Waals surface area contributed by atoms with Gasteiger partial charge in [0.05, 0.1) is 12.8 Å². The molecule has 3 aromatic rings. The normalized spacial score (nSPS) is 17.0. The lowest BCUT2D eigenvalue weighted by Crippen LogP contribution is -2.51. The third kappa shape index (κ3) is 5.40. The van der Waals surface area contributed by atoms with Crippen molar-refractivity contribution in [1.82, 2.24) is 14.3 Å². The lowest BCUT2D eigenvalue weighted by Gasteiger charge is -2.39. The predicted molar refractivity (Wildman–Crippen MR) is 136 cm³/mol. The number of carbonyl (C=O) groups is 1. The number of anilines is 2. The first-order valence-electron chi connectivity index (χ1n) is 12.1. The van der Waals surface area contributed by atoms with Gasteiger partial charge in [0.15, 0.2) is 0 Å². The minimum Gasteiger partial charge on any atom is -0.497 e. The quantitative estimate of drug-likeness (QED) is 0.518. The first-order valence-corrected chi connectivity index (χ1v) is 12.9. The van der Waals surface area contributed by atoms with Crippen LogP contribution in [0.5, 0.6) is 5.75 Å². The molecule has 0 aliphatic carbocycles. The minimum atomic E-state index is -0.206. The van der Waals surface area contributed by atoms with Gasteiger partial charge in [-0.05, 0) is 42.7 Å². The fourth-order valence-corrected chi connectivity index (χ4v) is 5.60. The molecule has 2 aromatic carbocycles. The summed E-state index contributed by atoms with van der Waals surface area (Å²) < 4.78 is 23.9. The Balaban J connectivity index is 1.11. The second kappa shape index (κ2) is 10.6. The van der Waals surface area contributed by atoms with Gasteiger partial charge >= 0.3 is 0 Å². The van der Waals surface area contributed by atoms with E-state index in [-0.39, 0.29) is 17.6 Å². The Kier molecular flexibility index (Phi) is 7.13. The molecule has 0 saturated carbocycles. The third-order valence-corrected chi connectivity index (χ3v) is 7.67. The zero-order valence-corrected chi connectivity index (χ0v) is 20.7. The molecule has 35 heavy (non-hydrogen) atoms. The third-order valence-electron chi connectivity index (χ3n) is 6.85.